The lowest BCUT2D eigenvalue weighted by atomic mass is 10.00. The molecule has 2 nitrogen and oxygen atoms in total. The van der Waals surface area contributed by atoms with Crippen molar-refractivity contribution in [3.8, 4) is 0 Å². The molecular weight excluding hydrogens is 266 g/mol. The van der Waals surface area contributed by atoms with Crippen molar-refractivity contribution >= 4 is 28.0 Å². The summed E-state index contributed by atoms with van der Waals surface area (Å²) in [7, 11) is 0. The van der Waals surface area contributed by atoms with Crippen LogP contribution in [0.2, 0.25) is 0 Å². The monoisotopic (exact) mass is 281 g/mol. The number of amides is 1. The van der Waals surface area contributed by atoms with Crippen LogP contribution in [0, 0.1) is 0 Å². The van der Waals surface area contributed by atoms with Crippen molar-refractivity contribution in [2.24, 2.45) is 0 Å². The molecule has 0 aliphatic heterocycles. The fourth-order valence-corrected chi connectivity index (χ4v) is 3.01. The summed E-state index contributed by atoms with van der Waals surface area (Å²) in [6, 6.07) is 18.2. The summed E-state index contributed by atoms with van der Waals surface area (Å²) in [6.45, 7) is 2.02. The quantitative estimate of drug-likeness (QED) is 0.758. The maximum Gasteiger partial charge on any atom is 0.261 e. The van der Waals surface area contributed by atoms with Gasteiger partial charge in [-0.3, -0.25) is 4.79 Å². The Hall–Kier alpha value is -2.13. The van der Waals surface area contributed by atoms with Crippen LogP contribution in [0.1, 0.15) is 28.2 Å². The second kappa shape index (κ2) is 5.47. The van der Waals surface area contributed by atoms with Crippen LogP contribution in [0.25, 0.3) is 10.8 Å². The molecule has 3 rings (SSSR count). The van der Waals surface area contributed by atoms with Gasteiger partial charge < -0.3 is 5.32 Å². The van der Waals surface area contributed by atoms with Gasteiger partial charge in [-0.05, 0) is 34.7 Å². The molecule has 0 aliphatic carbocycles. The van der Waals surface area contributed by atoms with Crippen molar-refractivity contribution in [3.05, 3.63) is 70.4 Å². The summed E-state index contributed by atoms with van der Waals surface area (Å²) >= 11 is 1.46. The van der Waals surface area contributed by atoms with Gasteiger partial charge >= 0.3 is 0 Å². The number of fused-ring (bicyclic) bond motifs is 1. The molecule has 20 heavy (non-hydrogen) atoms. The molecule has 1 N–H and O–H groups in total. The lowest BCUT2D eigenvalue weighted by molar-refractivity contribution is 0.0944. The molecule has 1 aromatic heterocycles. The standard InChI is InChI=1S/C17H15NOS/c1-12(18-17(19)16-10-5-11-20-16)14-9-4-7-13-6-2-3-8-15(13)14/h2-12H,1H3,(H,18,19). The van der Waals surface area contributed by atoms with Crippen LogP contribution in [0.15, 0.2) is 60.0 Å². The second-order valence-corrected chi connectivity index (χ2v) is 5.69. The molecule has 3 heteroatoms. The molecule has 1 atom stereocenters. The molecule has 1 unspecified atom stereocenters. The van der Waals surface area contributed by atoms with Gasteiger partial charge in [-0.15, -0.1) is 11.3 Å². The Balaban J connectivity index is 1.89. The zero-order chi connectivity index (χ0) is 13.9. The minimum atomic E-state index is -0.0179. The number of carbonyl (C=O) groups is 1. The summed E-state index contributed by atoms with van der Waals surface area (Å²) in [4.78, 5) is 12.9. The van der Waals surface area contributed by atoms with E-state index in [0.29, 0.717) is 0 Å². The highest BCUT2D eigenvalue weighted by Crippen LogP contribution is 2.24. The highest BCUT2D eigenvalue weighted by Gasteiger charge is 2.13. The number of hydrogen-bond acceptors (Lipinski definition) is 2. The molecule has 1 heterocycles. The average Bonchev–Trinajstić information content (AvgIpc) is 3.01. The molecule has 3 aromatic rings. The van der Waals surface area contributed by atoms with Crippen molar-refractivity contribution in [2.75, 3.05) is 0 Å². The molecule has 0 bridgehead atoms. The highest BCUT2D eigenvalue weighted by atomic mass is 32.1. The molecule has 0 saturated carbocycles. The number of benzene rings is 2. The topological polar surface area (TPSA) is 29.1 Å². The van der Waals surface area contributed by atoms with Gasteiger partial charge in [0.05, 0.1) is 10.9 Å². The van der Waals surface area contributed by atoms with E-state index in [-0.39, 0.29) is 11.9 Å². The van der Waals surface area contributed by atoms with E-state index in [0.717, 1.165) is 10.4 Å². The first-order valence-electron chi connectivity index (χ1n) is 6.58. The number of hydrogen-bond donors (Lipinski definition) is 1. The summed E-state index contributed by atoms with van der Waals surface area (Å²) in [5.41, 5.74) is 1.15. The van der Waals surface area contributed by atoms with Crippen molar-refractivity contribution in [1.29, 1.82) is 0 Å². The van der Waals surface area contributed by atoms with E-state index in [9.17, 15) is 4.79 Å². The van der Waals surface area contributed by atoms with E-state index in [2.05, 4.69) is 29.6 Å². The van der Waals surface area contributed by atoms with E-state index in [1.807, 2.05) is 42.6 Å². The van der Waals surface area contributed by atoms with Gasteiger partial charge in [-0.1, -0.05) is 48.5 Å². The largest absolute Gasteiger partial charge is 0.345 e. The molecule has 2 aromatic carbocycles. The van der Waals surface area contributed by atoms with E-state index >= 15 is 0 Å². The first-order chi connectivity index (χ1) is 9.75. The van der Waals surface area contributed by atoms with E-state index in [1.54, 1.807) is 0 Å². The van der Waals surface area contributed by atoms with Crippen LogP contribution in [-0.4, -0.2) is 5.91 Å². The van der Waals surface area contributed by atoms with E-state index in [4.69, 9.17) is 0 Å². The zero-order valence-electron chi connectivity index (χ0n) is 11.2. The van der Waals surface area contributed by atoms with Gasteiger partial charge in [0.2, 0.25) is 0 Å². The first-order valence-corrected chi connectivity index (χ1v) is 7.46. The SMILES string of the molecule is CC(NC(=O)c1cccs1)c1cccc2ccccc12. The number of nitrogens with one attached hydrogen (secondary N) is 1. The van der Waals surface area contributed by atoms with Crippen LogP contribution in [-0.2, 0) is 0 Å². The molecule has 0 saturated heterocycles. The lowest BCUT2D eigenvalue weighted by Crippen LogP contribution is -2.25. The van der Waals surface area contributed by atoms with Crippen LogP contribution in [0.3, 0.4) is 0 Å². The number of carbonyl (C=O) groups excluding carboxylic acids is 1. The third kappa shape index (κ3) is 2.45. The Morgan fingerprint density at radius 2 is 1.85 bits per heavy atom. The van der Waals surface area contributed by atoms with Crippen LogP contribution < -0.4 is 5.32 Å². The predicted octanol–water partition coefficient (Wildman–Crippen LogP) is 4.39. The minimum Gasteiger partial charge on any atom is -0.345 e. The summed E-state index contributed by atoms with van der Waals surface area (Å²) in [6.07, 6.45) is 0. The van der Waals surface area contributed by atoms with Gasteiger partial charge in [0.1, 0.15) is 0 Å². The smallest absolute Gasteiger partial charge is 0.261 e. The molecule has 0 radical (unpaired) electrons. The highest BCUT2D eigenvalue weighted by molar-refractivity contribution is 7.12. The van der Waals surface area contributed by atoms with Crippen LogP contribution >= 0.6 is 11.3 Å². The predicted molar refractivity (Wildman–Crippen MR) is 84.1 cm³/mol. The van der Waals surface area contributed by atoms with Gasteiger partial charge in [-0.2, -0.15) is 0 Å². The molecule has 1 amide bonds. The van der Waals surface area contributed by atoms with E-state index < -0.39 is 0 Å². The van der Waals surface area contributed by atoms with Gasteiger partial charge in [0, 0.05) is 0 Å². The number of thiophene rings is 1. The molecule has 0 aliphatic rings. The van der Waals surface area contributed by atoms with Crippen LogP contribution in [0.5, 0.6) is 0 Å². The van der Waals surface area contributed by atoms with Gasteiger partial charge in [0.25, 0.3) is 5.91 Å². The second-order valence-electron chi connectivity index (χ2n) is 4.74. The van der Waals surface area contributed by atoms with Crippen molar-refractivity contribution in [2.45, 2.75) is 13.0 Å². The average molecular weight is 281 g/mol. The first kappa shape index (κ1) is 12.9. The van der Waals surface area contributed by atoms with E-state index in [1.165, 1.54) is 22.1 Å². The van der Waals surface area contributed by atoms with Gasteiger partial charge in [-0.25, -0.2) is 0 Å². The Morgan fingerprint density at radius 1 is 1.05 bits per heavy atom. The number of rotatable bonds is 3. The fourth-order valence-electron chi connectivity index (χ4n) is 2.38. The zero-order valence-corrected chi connectivity index (χ0v) is 12.0. The summed E-state index contributed by atoms with van der Waals surface area (Å²) in [5, 5.41) is 7.36. The Bertz CT molecular complexity index is 728. The Morgan fingerprint density at radius 3 is 2.65 bits per heavy atom. The lowest BCUT2D eigenvalue weighted by Gasteiger charge is -2.16. The van der Waals surface area contributed by atoms with Crippen molar-refractivity contribution in [1.82, 2.24) is 5.32 Å². The third-order valence-electron chi connectivity index (χ3n) is 3.38. The minimum absolute atomic E-state index is 0.0135. The van der Waals surface area contributed by atoms with Crippen LogP contribution in [0.4, 0.5) is 0 Å². The molecule has 0 spiro atoms. The van der Waals surface area contributed by atoms with Crippen molar-refractivity contribution < 1.29 is 4.79 Å². The fraction of sp³-hybridized carbons (Fsp3) is 0.118. The summed E-state index contributed by atoms with van der Waals surface area (Å²) in [5.74, 6) is -0.0135. The Kier molecular flexibility index (Phi) is 3.52. The Labute approximate surface area is 122 Å². The van der Waals surface area contributed by atoms with Crippen molar-refractivity contribution in [3.63, 3.8) is 0 Å². The molecule has 0 fully saturated rings. The van der Waals surface area contributed by atoms with Gasteiger partial charge in [0.15, 0.2) is 0 Å². The maximum absolute atomic E-state index is 12.1. The molecule has 100 valence electrons. The summed E-state index contributed by atoms with van der Waals surface area (Å²) < 4.78 is 0. The maximum atomic E-state index is 12.1. The molecular formula is C17H15NOS. The third-order valence-corrected chi connectivity index (χ3v) is 4.25. The normalized spacial score (nSPS) is 12.2.